The molecule has 0 spiro atoms. The molecular weight excluding hydrogens is 208 g/mol. The van der Waals surface area contributed by atoms with Crippen LogP contribution in [0.1, 0.15) is 39.5 Å². The van der Waals surface area contributed by atoms with Gasteiger partial charge in [0.05, 0.1) is 5.92 Å². The van der Waals surface area contributed by atoms with Gasteiger partial charge in [0.1, 0.15) is 11.6 Å². The summed E-state index contributed by atoms with van der Waals surface area (Å²) in [5, 5.41) is 9.05. The van der Waals surface area contributed by atoms with Gasteiger partial charge in [-0.1, -0.05) is 0 Å². The summed E-state index contributed by atoms with van der Waals surface area (Å²) in [7, 11) is 0. The van der Waals surface area contributed by atoms with Crippen molar-refractivity contribution >= 4 is 17.5 Å². The second-order valence-corrected chi connectivity index (χ2v) is 4.73. The molecule has 1 N–H and O–H groups in total. The second kappa shape index (κ2) is 5.23. The van der Waals surface area contributed by atoms with E-state index < -0.39 is 11.9 Å². The van der Waals surface area contributed by atoms with Gasteiger partial charge in [0, 0.05) is 12.3 Å². The minimum atomic E-state index is -0.840. The lowest BCUT2D eigenvalue weighted by Gasteiger charge is -2.32. The molecule has 0 aromatic heterocycles. The number of carbonyl (C=O) groups is 3. The van der Waals surface area contributed by atoms with E-state index in [-0.39, 0.29) is 29.8 Å². The third kappa shape index (κ3) is 3.15. The fourth-order valence-corrected chi connectivity index (χ4v) is 2.55. The van der Waals surface area contributed by atoms with Crippen LogP contribution in [0.4, 0.5) is 0 Å². The SMILES string of the molecule is CC(=O)CC1CC(C(C)=O)CCC1C(=O)O. The molecule has 3 unspecified atom stereocenters. The first kappa shape index (κ1) is 12.9. The number of Topliss-reactive ketones (excluding diaryl/α,β-unsaturated/α-hetero) is 2. The molecule has 0 aromatic rings. The standard InChI is InChI=1S/C12H18O4/c1-7(13)5-10-6-9(8(2)14)3-4-11(10)12(15)16/h9-11H,3-6H2,1-2H3,(H,15,16). The van der Waals surface area contributed by atoms with Gasteiger partial charge in [-0.05, 0) is 39.0 Å². The van der Waals surface area contributed by atoms with Crippen molar-refractivity contribution in [3.8, 4) is 0 Å². The van der Waals surface area contributed by atoms with Gasteiger partial charge in [-0.2, -0.15) is 0 Å². The topological polar surface area (TPSA) is 71.4 Å². The van der Waals surface area contributed by atoms with Gasteiger partial charge in [0.15, 0.2) is 0 Å². The quantitative estimate of drug-likeness (QED) is 0.791. The molecule has 0 saturated heterocycles. The third-order valence-electron chi connectivity index (χ3n) is 3.42. The molecule has 4 nitrogen and oxygen atoms in total. The fraction of sp³-hybridized carbons (Fsp3) is 0.750. The van der Waals surface area contributed by atoms with Crippen LogP contribution in [0, 0.1) is 17.8 Å². The number of carboxylic acids is 1. The zero-order valence-corrected chi connectivity index (χ0v) is 9.73. The molecule has 0 amide bonds. The molecule has 0 aliphatic heterocycles. The first-order chi connectivity index (χ1) is 7.41. The molecule has 1 rings (SSSR count). The van der Waals surface area contributed by atoms with Gasteiger partial charge in [-0.15, -0.1) is 0 Å². The Morgan fingerprint density at radius 3 is 2.25 bits per heavy atom. The highest BCUT2D eigenvalue weighted by molar-refractivity contribution is 5.80. The molecule has 16 heavy (non-hydrogen) atoms. The Morgan fingerprint density at radius 2 is 1.81 bits per heavy atom. The molecule has 0 heterocycles. The van der Waals surface area contributed by atoms with E-state index in [1.165, 1.54) is 13.8 Å². The molecule has 4 heteroatoms. The van der Waals surface area contributed by atoms with E-state index in [4.69, 9.17) is 5.11 Å². The minimum Gasteiger partial charge on any atom is -0.481 e. The molecule has 1 aliphatic rings. The van der Waals surface area contributed by atoms with E-state index in [1.54, 1.807) is 0 Å². The van der Waals surface area contributed by atoms with Gasteiger partial charge in [-0.3, -0.25) is 9.59 Å². The van der Waals surface area contributed by atoms with Crippen molar-refractivity contribution in [2.45, 2.75) is 39.5 Å². The minimum absolute atomic E-state index is 0.000419. The molecule has 0 aromatic carbocycles. The van der Waals surface area contributed by atoms with E-state index in [9.17, 15) is 14.4 Å². The van der Waals surface area contributed by atoms with E-state index in [1.807, 2.05) is 0 Å². The summed E-state index contributed by atoms with van der Waals surface area (Å²) < 4.78 is 0. The van der Waals surface area contributed by atoms with Crippen LogP contribution in [-0.4, -0.2) is 22.6 Å². The van der Waals surface area contributed by atoms with Crippen LogP contribution in [0.5, 0.6) is 0 Å². The highest BCUT2D eigenvalue weighted by Crippen LogP contribution is 2.36. The zero-order valence-electron chi connectivity index (χ0n) is 9.73. The lowest BCUT2D eigenvalue weighted by molar-refractivity contribution is -0.147. The number of rotatable bonds is 4. The molecular formula is C12H18O4. The van der Waals surface area contributed by atoms with E-state index in [0.717, 1.165) is 0 Å². The van der Waals surface area contributed by atoms with Crippen LogP contribution in [0.2, 0.25) is 0 Å². The van der Waals surface area contributed by atoms with Gasteiger partial charge in [-0.25, -0.2) is 0 Å². The van der Waals surface area contributed by atoms with Crippen molar-refractivity contribution in [3.63, 3.8) is 0 Å². The van der Waals surface area contributed by atoms with E-state index in [0.29, 0.717) is 19.3 Å². The van der Waals surface area contributed by atoms with Crippen LogP contribution >= 0.6 is 0 Å². The number of hydrogen-bond acceptors (Lipinski definition) is 3. The number of aliphatic carboxylic acids is 1. The first-order valence-corrected chi connectivity index (χ1v) is 5.64. The number of hydrogen-bond donors (Lipinski definition) is 1. The predicted molar refractivity (Wildman–Crippen MR) is 57.9 cm³/mol. The summed E-state index contributed by atoms with van der Waals surface area (Å²) in [5.74, 6) is -1.41. The van der Waals surface area contributed by atoms with Gasteiger partial charge in [0.2, 0.25) is 0 Å². The Morgan fingerprint density at radius 1 is 1.19 bits per heavy atom. The van der Waals surface area contributed by atoms with Gasteiger partial charge >= 0.3 is 5.97 Å². The maximum absolute atomic E-state index is 11.3. The number of ketones is 2. The van der Waals surface area contributed by atoms with Crippen LogP contribution in [0.25, 0.3) is 0 Å². The summed E-state index contributed by atoms with van der Waals surface area (Å²) >= 11 is 0. The third-order valence-corrected chi connectivity index (χ3v) is 3.42. The largest absolute Gasteiger partial charge is 0.481 e. The summed E-state index contributed by atoms with van der Waals surface area (Å²) in [4.78, 5) is 33.4. The van der Waals surface area contributed by atoms with Crippen molar-refractivity contribution in [2.75, 3.05) is 0 Å². The lowest BCUT2D eigenvalue weighted by atomic mass is 9.71. The molecule has 3 atom stereocenters. The van der Waals surface area contributed by atoms with Crippen molar-refractivity contribution in [1.82, 2.24) is 0 Å². The summed E-state index contributed by atoms with van der Waals surface area (Å²) in [6, 6.07) is 0. The lowest BCUT2D eigenvalue weighted by Crippen LogP contribution is -2.33. The molecule has 0 bridgehead atoms. The van der Waals surface area contributed by atoms with Crippen molar-refractivity contribution in [3.05, 3.63) is 0 Å². The Bertz CT molecular complexity index is 308. The predicted octanol–water partition coefficient (Wildman–Crippen LogP) is 1.67. The molecule has 90 valence electrons. The molecule has 1 fully saturated rings. The average molecular weight is 226 g/mol. The average Bonchev–Trinajstić information content (AvgIpc) is 2.15. The van der Waals surface area contributed by atoms with Crippen LogP contribution < -0.4 is 0 Å². The Labute approximate surface area is 95.0 Å². The summed E-state index contributed by atoms with van der Waals surface area (Å²) in [6.45, 7) is 3.01. The Kier molecular flexibility index (Phi) is 4.21. The van der Waals surface area contributed by atoms with E-state index >= 15 is 0 Å². The van der Waals surface area contributed by atoms with Crippen molar-refractivity contribution in [2.24, 2.45) is 17.8 Å². The monoisotopic (exact) mass is 226 g/mol. The zero-order chi connectivity index (χ0) is 12.3. The summed E-state index contributed by atoms with van der Waals surface area (Å²) in [6.07, 6.45) is 1.98. The van der Waals surface area contributed by atoms with Crippen molar-refractivity contribution < 1.29 is 19.5 Å². The highest BCUT2D eigenvalue weighted by Gasteiger charge is 2.36. The number of carboxylic acid groups (broad SMARTS) is 1. The van der Waals surface area contributed by atoms with Gasteiger partial charge in [0.25, 0.3) is 0 Å². The smallest absolute Gasteiger partial charge is 0.306 e. The fourth-order valence-electron chi connectivity index (χ4n) is 2.55. The first-order valence-electron chi connectivity index (χ1n) is 5.64. The van der Waals surface area contributed by atoms with Crippen molar-refractivity contribution in [1.29, 1.82) is 0 Å². The normalized spacial score (nSPS) is 29.8. The molecule has 0 radical (unpaired) electrons. The van der Waals surface area contributed by atoms with Crippen LogP contribution in [-0.2, 0) is 14.4 Å². The van der Waals surface area contributed by atoms with E-state index in [2.05, 4.69) is 0 Å². The Hall–Kier alpha value is -1.19. The summed E-state index contributed by atoms with van der Waals surface area (Å²) in [5.41, 5.74) is 0. The molecule has 1 saturated carbocycles. The maximum atomic E-state index is 11.3. The number of carbonyl (C=O) groups excluding carboxylic acids is 2. The molecule has 1 aliphatic carbocycles. The van der Waals surface area contributed by atoms with Crippen LogP contribution in [0.3, 0.4) is 0 Å². The van der Waals surface area contributed by atoms with Gasteiger partial charge < -0.3 is 9.90 Å². The van der Waals surface area contributed by atoms with Crippen LogP contribution in [0.15, 0.2) is 0 Å². The Balaban J connectivity index is 2.72. The second-order valence-electron chi connectivity index (χ2n) is 4.73. The highest BCUT2D eigenvalue weighted by atomic mass is 16.4. The maximum Gasteiger partial charge on any atom is 0.306 e.